The standard InChI is InChI=1S/C15H25N3O2S/c1-10(2)16-8-12-5-6-14-13(7-12)11(3)17-15(18-14)9-21(4,19)20/h10,12,16H,5-9H2,1-4H3. The van der Waals surface area contributed by atoms with Crippen LogP contribution in [0.5, 0.6) is 0 Å². The van der Waals surface area contributed by atoms with Crippen molar-refractivity contribution in [3.63, 3.8) is 0 Å². The summed E-state index contributed by atoms with van der Waals surface area (Å²) in [6.07, 6.45) is 4.22. The number of aryl methyl sites for hydroxylation is 2. The highest BCUT2D eigenvalue weighted by molar-refractivity contribution is 7.89. The van der Waals surface area contributed by atoms with E-state index in [1.165, 1.54) is 11.8 Å². The van der Waals surface area contributed by atoms with E-state index >= 15 is 0 Å². The zero-order valence-electron chi connectivity index (χ0n) is 13.3. The number of fused-ring (bicyclic) bond motifs is 1. The van der Waals surface area contributed by atoms with E-state index in [9.17, 15) is 8.42 Å². The van der Waals surface area contributed by atoms with E-state index in [1.54, 1.807) is 0 Å². The van der Waals surface area contributed by atoms with Crippen LogP contribution in [-0.2, 0) is 28.4 Å². The van der Waals surface area contributed by atoms with Crippen LogP contribution < -0.4 is 5.32 Å². The van der Waals surface area contributed by atoms with Crippen molar-refractivity contribution in [2.45, 2.75) is 51.8 Å². The topological polar surface area (TPSA) is 72.0 Å². The lowest BCUT2D eigenvalue weighted by molar-refractivity contribution is 0.401. The first kappa shape index (κ1) is 16.4. The van der Waals surface area contributed by atoms with E-state index in [2.05, 4.69) is 29.1 Å². The van der Waals surface area contributed by atoms with Crippen molar-refractivity contribution in [1.29, 1.82) is 0 Å². The predicted octanol–water partition coefficient (Wildman–Crippen LogP) is 1.43. The van der Waals surface area contributed by atoms with Crippen LogP contribution in [0.15, 0.2) is 0 Å². The molecule has 1 aromatic rings. The molecule has 1 aliphatic carbocycles. The van der Waals surface area contributed by atoms with Gasteiger partial charge in [0, 0.05) is 23.7 Å². The molecule has 21 heavy (non-hydrogen) atoms. The van der Waals surface area contributed by atoms with E-state index in [0.29, 0.717) is 17.8 Å². The molecule has 1 aliphatic rings. The zero-order valence-corrected chi connectivity index (χ0v) is 14.1. The molecule has 0 saturated heterocycles. The van der Waals surface area contributed by atoms with Crippen LogP contribution in [0, 0.1) is 12.8 Å². The molecule has 6 heteroatoms. The summed E-state index contributed by atoms with van der Waals surface area (Å²) in [5, 5.41) is 3.49. The van der Waals surface area contributed by atoms with Crippen LogP contribution in [0.3, 0.4) is 0 Å². The van der Waals surface area contributed by atoms with Crippen LogP contribution >= 0.6 is 0 Å². The molecule has 0 bridgehead atoms. The third-order valence-electron chi connectivity index (χ3n) is 3.83. The van der Waals surface area contributed by atoms with Gasteiger partial charge in [-0.25, -0.2) is 18.4 Å². The second-order valence-corrected chi connectivity index (χ2v) is 8.53. The molecule has 0 spiro atoms. The van der Waals surface area contributed by atoms with E-state index in [4.69, 9.17) is 0 Å². The minimum absolute atomic E-state index is 0.0700. The van der Waals surface area contributed by atoms with Gasteiger partial charge >= 0.3 is 0 Å². The Morgan fingerprint density at radius 3 is 2.67 bits per heavy atom. The smallest absolute Gasteiger partial charge is 0.154 e. The van der Waals surface area contributed by atoms with Crippen molar-refractivity contribution < 1.29 is 8.42 Å². The maximum Gasteiger partial charge on any atom is 0.154 e. The first-order valence-electron chi connectivity index (χ1n) is 7.51. The van der Waals surface area contributed by atoms with Gasteiger partial charge in [-0.3, -0.25) is 0 Å². The molecule has 0 saturated carbocycles. The number of aromatic nitrogens is 2. The average molecular weight is 311 g/mol. The Hall–Kier alpha value is -1.01. The van der Waals surface area contributed by atoms with Gasteiger partial charge in [0.1, 0.15) is 11.6 Å². The van der Waals surface area contributed by atoms with Gasteiger partial charge in [0.05, 0.1) is 0 Å². The normalized spacial score (nSPS) is 18.8. The van der Waals surface area contributed by atoms with Gasteiger partial charge in [0.15, 0.2) is 9.84 Å². The molecule has 0 fully saturated rings. The fraction of sp³-hybridized carbons (Fsp3) is 0.733. The lowest BCUT2D eigenvalue weighted by Gasteiger charge is -2.26. The zero-order chi connectivity index (χ0) is 15.6. The Morgan fingerprint density at radius 2 is 2.05 bits per heavy atom. The molecule has 5 nitrogen and oxygen atoms in total. The Morgan fingerprint density at radius 1 is 1.33 bits per heavy atom. The second kappa shape index (κ2) is 6.40. The van der Waals surface area contributed by atoms with Crippen molar-refractivity contribution in [2.75, 3.05) is 12.8 Å². The van der Waals surface area contributed by atoms with Crippen LogP contribution in [-0.4, -0.2) is 37.2 Å². The van der Waals surface area contributed by atoms with E-state index in [0.717, 1.165) is 37.2 Å². The van der Waals surface area contributed by atoms with Crippen molar-refractivity contribution in [3.8, 4) is 0 Å². The van der Waals surface area contributed by atoms with Gasteiger partial charge in [0.25, 0.3) is 0 Å². The van der Waals surface area contributed by atoms with E-state index in [-0.39, 0.29) is 5.75 Å². The summed E-state index contributed by atoms with van der Waals surface area (Å²) >= 11 is 0. The summed E-state index contributed by atoms with van der Waals surface area (Å²) in [5.74, 6) is 0.981. The summed E-state index contributed by atoms with van der Waals surface area (Å²) in [7, 11) is -3.08. The Labute approximate surface area is 127 Å². The Bertz CT molecular complexity index is 612. The second-order valence-electron chi connectivity index (χ2n) is 6.39. The number of nitrogens with zero attached hydrogens (tertiary/aromatic N) is 2. The summed E-state index contributed by atoms with van der Waals surface area (Å²) in [6, 6.07) is 0.501. The Balaban J connectivity index is 2.14. The summed E-state index contributed by atoms with van der Waals surface area (Å²) in [4.78, 5) is 8.87. The lowest BCUT2D eigenvalue weighted by atomic mass is 9.85. The predicted molar refractivity (Wildman–Crippen MR) is 84.0 cm³/mol. The number of rotatable bonds is 5. The van der Waals surface area contributed by atoms with Crippen LogP contribution in [0.2, 0.25) is 0 Å². The first-order chi connectivity index (χ1) is 9.74. The fourth-order valence-electron chi connectivity index (χ4n) is 2.80. The highest BCUT2D eigenvalue weighted by Gasteiger charge is 2.23. The fourth-order valence-corrected chi connectivity index (χ4v) is 3.40. The monoisotopic (exact) mass is 311 g/mol. The van der Waals surface area contributed by atoms with Crippen LogP contribution in [0.25, 0.3) is 0 Å². The molecular weight excluding hydrogens is 286 g/mol. The number of hydrogen-bond donors (Lipinski definition) is 1. The molecule has 118 valence electrons. The van der Waals surface area contributed by atoms with Gasteiger partial charge in [-0.2, -0.15) is 0 Å². The summed E-state index contributed by atoms with van der Waals surface area (Å²) in [6.45, 7) is 7.29. The van der Waals surface area contributed by atoms with Gasteiger partial charge in [-0.1, -0.05) is 13.8 Å². The van der Waals surface area contributed by atoms with Crippen molar-refractivity contribution in [1.82, 2.24) is 15.3 Å². The Kier molecular flexibility index (Phi) is 4.99. The van der Waals surface area contributed by atoms with Crippen molar-refractivity contribution in [2.24, 2.45) is 5.92 Å². The maximum atomic E-state index is 11.4. The molecule has 0 aliphatic heterocycles. The van der Waals surface area contributed by atoms with Gasteiger partial charge < -0.3 is 5.32 Å². The molecule has 0 amide bonds. The maximum absolute atomic E-state index is 11.4. The highest BCUT2D eigenvalue weighted by atomic mass is 32.2. The number of sulfone groups is 1. The molecule has 0 radical (unpaired) electrons. The molecule has 1 unspecified atom stereocenters. The lowest BCUT2D eigenvalue weighted by Crippen LogP contribution is -2.32. The summed E-state index contributed by atoms with van der Waals surface area (Å²) < 4.78 is 22.8. The van der Waals surface area contributed by atoms with Gasteiger partial charge in [-0.05, 0) is 44.2 Å². The molecule has 2 rings (SSSR count). The van der Waals surface area contributed by atoms with E-state index < -0.39 is 9.84 Å². The molecule has 1 N–H and O–H groups in total. The third-order valence-corrected chi connectivity index (χ3v) is 4.62. The molecule has 0 aromatic carbocycles. The molecule has 1 aromatic heterocycles. The SMILES string of the molecule is Cc1nc(CS(C)(=O)=O)nc2c1CC(CNC(C)C)CC2. The molecule has 1 heterocycles. The van der Waals surface area contributed by atoms with Crippen LogP contribution in [0.1, 0.15) is 43.0 Å². The van der Waals surface area contributed by atoms with E-state index in [1.807, 2.05) is 6.92 Å². The largest absolute Gasteiger partial charge is 0.314 e. The minimum Gasteiger partial charge on any atom is -0.314 e. The first-order valence-corrected chi connectivity index (χ1v) is 9.57. The number of hydrogen-bond acceptors (Lipinski definition) is 5. The highest BCUT2D eigenvalue weighted by Crippen LogP contribution is 2.26. The number of nitrogens with one attached hydrogen (secondary N) is 1. The average Bonchev–Trinajstić information content (AvgIpc) is 2.34. The third kappa shape index (κ3) is 4.74. The van der Waals surface area contributed by atoms with Crippen molar-refractivity contribution in [3.05, 3.63) is 22.8 Å². The van der Waals surface area contributed by atoms with Crippen LogP contribution in [0.4, 0.5) is 0 Å². The molecular formula is C15H25N3O2S. The quantitative estimate of drug-likeness (QED) is 0.890. The summed E-state index contributed by atoms with van der Waals surface area (Å²) in [5.41, 5.74) is 3.20. The van der Waals surface area contributed by atoms with Crippen molar-refractivity contribution >= 4 is 9.84 Å². The molecule has 1 atom stereocenters. The van der Waals surface area contributed by atoms with Gasteiger partial charge in [-0.15, -0.1) is 0 Å². The van der Waals surface area contributed by atoms with Gasteiger partial charge in [0.2, 0.25) is 0 Å². The minimum atomic E-state index is -3.08.